The Morgan fingerprint density at radius 3 is 2.12 bits per heavy atom. The van der Waals surface area contributed by atoms with Gasteiger partial charge in [0.1, 0.15) is 5.75 Å². The van der Waals surface area contributed by atoms with E-state index in [2.05, 4.69) is 5.32 Å². The number of benzene rings is 2. The monoisotopic (exact) mass is 339 g/mol. The van der Waals surface area contributed by atoms with Crippen molar-refractivity contribution in [2.45, 2.75) is 19.3 Å². The Hall–Kier alpha value is -2.95. The Morgan fingerprint density at radius 1 is 0.840 bits per heavy atom. The number of carbonyl (C=O) groups is 3. The molecule has 1 amide bonds. The van der Waals surface area contributed by atoms with Gasteiger partial charge >= 0.3 is 0 Å². The summed E-state index contributed by atoms with van der Waals surface area (Å²) in [5, 5.41) is 2.59. The maximum absolute atomic E-state index is 12.0. The molecular weight excluding hydrogens is 318 g/mol. The van der Waals surface area contributed by atoms with Crippen LogP contribution in [-0.4, -0.2) is 31.1 Å². The second kappa shape index (κ2) is 9.37. The third kappa shape index (κ3) is 5.88. The third-order valence-electron chi connectivity index (χ3n) is 3.76. The maximum Gasteiger partial charge on any atom is 0.220 e. The molecule has 25 heavy (non-hydrogen) atoms. The fourth-order valence-corrected chi connectivity index (χ4v) is 2.32. The van der Waals surface area contributed by atoms with E-state index in [0.29, 0.717) is 29.7 Å². The van der Waals surface area contributed by atoms with E-state index in [-0.39, 0.29) is 30.4 Å². The van der Waals surface area contributed by atoms with Gasteiger partial charge in [-0.2, -0.15) is 0 Å². The van der Waals surface area contributed by atoms with Crippen LogP contribution in [0.4, 0.5) is 0 Å². The summed E-state index contributed by atoms with van der Waals surface area (Å²) in [6.07, 6.45) is 0.981. The van der Waals surface area contributed by atoms with E-state index in [4.69, 9.17) is 4.74 Å². The lowest BCUT2D eigenvalue weighted by atomic mass is 10.1. The fourth-order valence-electron chi connectivity index (χ4n) is 2.32. The van der Waals surface area contributed by atoms with Crippen molar-refractivity contribution in [3.63, 3.8) is 0 Å². The fraction of sp³-hybridized carbons (Fsp3) is 0.250. The average molecular weight is 339 g/mol. The lowest BCUT2D eigenvalue weighted by Gasteiger charge is -2.06. The first-order valence-corrected chi connectivity index (χ1v) is 8.12. The van der Waals surface area contributed by atoms with Crippen LogP contribution in [0.2, 0.25) is 0 Å². The van der Waals surface area contributed by atoms with Gasteiger partial charge in [0.2, 0.25) is 5.91 Å². The predicted molar refractivity (Wildman–Crippen MR) is 95.0 cm³/mol. The number of carbonyl (C=O) groups excluding carboxylic acids is 3. The van der Waals surface area contributed by atoms with Crippen molar-refractivity contribution < 1.29 is 19.1 Å². The van der Waals surface area contributed by atoms with Crippen LogP contribution in [0.3, 0.4) is 0 Å². The first kappa shape index (κ1) is 18.4. The molecule has 0 heterocycles. The molecule has 0 saturated heterocycles. The van der Waals surface area contributed by atoms with Gasteiger partial charge in [-0.1, -0.05) is 30.3 Å². The molecule has 2 aromatic rings. The van der Waals surface area contributed by atoms with Crippen molar-refractivity contribution in [1.29, 1.82) is 0 Å². The highest BCUT2D eigenvalue weighted by Gasteiger charge is 2.10. The maximum atomic E-state index is 12.0. The molecule has 5 heteroatoms. The van der Waals surface area contributed by atoms with Gasteiger partial charge in [-0.25, -0.2) is 0 Å². The molecule has 2 aromatic carbocycles. The van der Waals surface area contributed by atoms with Gasteiger partial charge in [-0.05, 0) is 30.7 Å². The largest absolute Gasteiger partial charge is 0.497 e. The van der Waals surface area contributed by atoms with E-state index >= 15 is 0 Å². The minimum Gasteiger partial charge on any atom is -0.497 e. The molecule has 0 aliphatic carbocycles. The smallest absolute Gasteiger partial charge is 0.220 e. The van der Waals surface area contributed by atoms with Crippen LogP contribution < -0.4 is 10.1 Å². The van der Waals surface area contributed by atoms with Crippen LogP contribution in [0.1, 0.15) is 40.0 Å². The average Bonchev–Trinajstić information content (AvgIpc) is 2.66. The minimum absolute atomic E-state index is 0.0164. The first-order valence-electron chi connectivity index (χ1n) is 8.12. The third-order valence-corrected chi connectivity index (χ3v) is 3.76. The van der Waals surface area contributed by atoms with Gasteiger partial charge in [-0.15, -0.1) is 0 Å². The van der Waals surface area contributed by atoms with Crippen molar-refractivity contribution in [2.24, 2.45) is 0 Å². The summed E-state index contributed by atoms with van der Waals surface area (Å²) in [6.45, 7) is -0.0577. The summed E-state index contributed by atoms with van der Waals surface area (Å²) in [5.41, 5.74) is 1.16. The number of Topliss-reactive ketones (excluding diaryl/α,β-unsaturated/α-hetero) is 2. The summed E-state index contributed by atoms with van der Waals surface area (Å²) < 4.78 is 5.03. The molecule has 0 aromatic heterocycles. The zero-order valence-corrected chi connectivity index (χ0v) is 14.2. The minimum atomic E-state index is -0.234. The number of nitrogens with one attached hydrogen (secondary N) is 1. The first-order chi connectivity index (χ1) is 12.1. The number of hydrogen-bond donors (Lipinski definition) is 1. The normalized spacial score (nSPS) is 10.1. The lowest BCUT2D eigenvalue weighted by Crippen LogP contribution is -2.29. The molecular formula is C20H21NO4. The molecule has 0 aliphatic rings. The Balaban J connectivity index is 1.69. The Morgan fingerprint density at radius 2 is 1.48 bits per heavy atom. The van der Waals surface area contributed by atoms with Gasteiger partial charge in [0.15, 0.2) is 11.6 Å². The zero-order chi connectivity index (χ0) is 18.1. The Labute approximate surface area is 147 Å². The van der Waals surface area contributed by atoms with Crippen LogP contribution in [0.25, 0.3) is 0 Å². The van der Waals surface area contributed by atoms with Gasteiger partial charge in [0.25, 0.3) is 0 Å². The quantitative estimate of drug-likeness (QED) is 0.713. The topological polar surface area (TPSA) is 72.5 Å². The van der Waals surface area contributed by atoms with Gasteiger partial charge < -0.3 is 10.1 Å². The summed E-state index contributed by atoms with van der Waals surface area (Å²) in [6, 6.07) is 15.7. The molecule has 2 rings (SSSR count). The molecule has 0 fully saturated rings. The highest BCUT2D eigenvalue weighted by molar-refractivity contribution is 5.99. The van der Waals surface area contributed by atoms with E-state index in [1.54, 1.807) is 43.5 Å². The van der Waals surface area contributed by atoms with Crippen molar-refractivity contribution in [1.82, 2.24) is 5.32 Å². The highest BCUT2D eigenvalue weighted by Crippen LogP contribution is 2.11. The van der Waals surface area contributed by atoms with E-state index in [0.717, 1.165) is 0 Å². The van der Waals surface area contributed by atoms with Crippen LogP contribution >= 0.6 is 0 Å². The summed E-state index contributed by atoms with van der Waals surface area (Å²) in [5.74, 6) is 0.283. The molecule has 0 atom stereocenters. The van der Waals surface area contributed by atoms with Crippen molar-refractivity contribution >= 4 is 17.5 Å². The van der Waals surface area contributed by atoms with E-state index in [1.807, 2.05) is 18.2 Å². The SMILES string of the molecule is COc1ccc(C(=O)CNC(=O)CCCC(=O)c2ccccc2)cc1. The molecule has 0 unspecified atom stereocenters. The number of hydrogen-bond acceptors (Lipinski definition) is 4. The molecule has 0 aliphatic heterocycles. The number of ether oxygens (including phenoxy) is 1. The molecule has 0 bridgehead atoms. The molecule has 130 valence electrons. The molecule has 0 spiro atoms. The highest BCUT2D eigenvalue weighted by atomic mass is 16.5. The van der Waals surface area contributed by atoms with E-state index in [1.165, 1.54) is 0 Å². The second-order valence-electron chi connectivity index (χ2n) is 5.57. The Bertz CT molecular complexity index is 723. The zero-order valence-electron chi connectivity index (χ0n) is 14.2. The molecule has 5 nitrogen and oxygen atoms in total. The summed E-state index contributed by atoms with van der Waals surface area (Å²) in [7, 11) is 1.56. The molecule has 0 radical (unpaired) electrons. The van der Waals surface area contributed by atoms with Gasteiger partial charge in [-0.3, -0.25) is 14.4 Å². The van der Waals surface area contributed by atoms with Crippen LogP contribution in [0, 0.1) is 0 Å². The summed E-state index contributed by atoms with van der Waals surface area (Å²) in [4.78, 5) is 35.7. The van der Waals surface area contributed by atoms with Crippen LogP contribution in [0.5, 0.6) is 5.75 Å². The predicted octanol–water partition coefficient (Wildman–Crippen LogP) is 3.05. The van der Waals surface area contributed by atoms with E-state index < -0.39 is 0 Å². The number of rotatable bonds is 9. The van der Waals surface area contributed by atoms with Gasteiger partial charge in [0, 0.05) is 24.0 Å². The second-order valence-corrected chi connectivity index (χ2v) is 5.57. The van der Waals surface area contributed by atoms with Gasteiger partial charge in [0.05, 0.1) is 13.7 Å². The van der Waals surface area contributed by atoms with Crippen molar-refractivity contribution in [3.8, 4) is 5.75 Å². The Kier molecular flexibility index (Phi) is 6.89. The van der Waals surface area contributed by atoms with Crippen molar-refractivity contribution in [2.75, 3.05) is 13.7 Å². The lowest BCUT2D eigenvalue weighted by molar-refractivity contribution is -0.121. The van der Waals surface area contributed by atoms with E-state index in [9.17, 15) is 14.4 Å². The number of amides is 1. The molecule has 0 saturated carbocycles. The number of ketones is 2. The van der Waals surface area contributed by atoms with Crippen molar-refractivity contribution in [3.05, 3.63) is 65.7 Å². The molecule has 1 N–H and O–H groups in total. The number of methoxy groups -OCH3 is 1. The van der Waals surface area contributed by atoms with Crippen LogP contribution in [-0.2, 0) is 4.79 Å². The standard InChI is InChI=1S/C20H21NO4/c1-25-17-12-10-16(11-13-17)19(23)14-21-20(24)9-5-8-18(22)15-6-3-2-4-7-15/h2-4,6-7,10-13H,5,8-9,14H2,1H3,(H,21,24). The summed E-state index contributed by atoms with van der Waals surface area (Å²) >= 11 is 0. The van der Waals surface area contributed by atoms with Crippen LogP contribution in [0.15, 0.2) is 54.6 Å².